The van der Waals surface area contributed by atoms with E-state index in [1.54, 1.807) is 6.92 Å². The minimum Gasteiger partial charge on any atom is -0.504 e. The molecule has 7 nitrogen and oxygen atoms in total. The minimum atomic E-state index is -0.445. The third-order valence-electron chi connectivity index (χ3n) is 8.11. The Balaban J connectivity index is 1.75. The fourth-order valence-corrected chi connectivity index (χ4v) is 5.34. The zero-order chi connectivity index (χ0) is 32.3. The summed E-state index contributed by atoms with van der Waals surface area (Å²) in [6.07, 6.45) is 27.1. The van der Waals surface area contributed by atoms with Crippen LogP contribution < -0.4 is 0 Å². The van der Waals surface area contributed by atoms with Gasteiger partial charge in [0.25, 0.3) is 0 Å². The van der Waals surface area contributed by atoms with E-state index in [9.17, 15) is 24.9 Å². The molecular weight excluding hydrogens is 556 g/mol. The van der Waals surface area contributed by atoms with Gasteiger partial charge in [-0.15, -0.1) is 0 Å². The van der Waals surface area contributed by atoms with Crippen molar-refractivity contribution in [1.82, 2.24) is 0 Å². The number of carbonyl (C=O) groups excluding carboxylic acids is 2. The molecule has 1 aromatic carbocycles. The van der Waals surface area contributed by atoms with Gasteiger partial charge in [0.15, 0.2) is 17.2 Å². The number of hydrogen-bond donors (Lipinski definition) is 3. The van der Waals surface area contributed by atoms with Crippen LogP contribution in [0.2, 0.25) is 0 Å². The summed E-state index contributed by atoms with van der Waals surface area (Å²) in [6, 6.07) is 3.05. The highest BCUT2D eigenvalue weighted by atomic mass is 16.5. The minimum absolute atomic E-state index is 0.0461. The van der Waals surface area contributed by atoms with Gasteiger partial charge in [0, 0.05) is 12.0 Å². The van der Waals surface area contributed by atoms with Crippen LogP contribution in [0.5, 0.6) is 17.2 Å². The number of aryl methyl sites for hydroxylation is 1. The average Bonchev–Trinajstić information content (AvgIpc) is 2.99. The Bertz CT molecular complexity index is 888. The number of rotatable bonds is 29. The zero-order valence-corrected chi connectivity index (χ0v) is 27.7. The molecular formula is C37H62O7. The molecule has 0 heterocycles. The first-order valence-corrected chi connectivity index (χ1v) is 17.5. The molecule has 0 aromatic heterocycles. The summed E-state index contributed by atoms with van der Waals surface area (Å²) in [5.41, 5.74) is 1.31. The zero-order valence-electron chi connectivity index (χ0n) is 27.7. The molecule has 0 unspecified atom stereocenters. The molecule has 0 aliphatic carbocycles. The lowest BCUT2D eigenvalue weighted by Crippen LogP contribution is -2.06. The number of phenolic OH excluding ortho intramolecular Hbond substituents is 3. The summed E-state index contributed by atoms with van der Waals surface area (Å²) >= 11 is 0. The van der Waals surface area contributed by atoms with E-state index in [-0.39, 0.29) is 23.4 Å². The number of unbranched alkanes of at least 4 members (excludes halogenated alkanes) is 20. The number of carbonyl (C=O) groups is 2. The van der Waals surface area contributed by atoms with Crippen LogP contribution in [-0.4, -0.2) is 40.5 Å². The fourth-order valence-electron chi connectivity index (χ4n) is 5.34. The highest BCUT2D eigenvalue weighted by molar-refractivity contribution is 5.86. The largest absolute Gasteiger partial charge is 0.504 e. The van der Waals surface area contributed by atoms with Crippen LogP contribution in [0.1, 0.15) is 160 Å². The lowest BCUT2D eigenvalue weighted by Gasteiger charge is -2.06. The Morgan fingerprint density at radius 1 is 0.568 bits per heavy atom. The molecule has 44 heavy (non-hydrogen) atoms. The van der Waals surface area contributed by atoms with Gasteiger partial charge in [0.1, 0.15) is 0 Å². The normalized spacial score (nSPS) is 11.0. The first-order valence-electron chi connectivity index (χ1n) is 17.5. The van der Waals surface area contributed by atoms with Crippen molar-refractivity contribution in [2.75, 3.05) is 13.2 Å². The second-order valence-electron chi connectivity index (χ2n) is 12.4. The number of phenols is 3. The lowest BCUT2D eigenvalue weighted by atomic mass is 10.0. The van der Waals surface area contributed by atoms with Crippen LogP contribution in [0.25, 0.3) is 0 Å². The molecule has 0 spiro atoms. The molecule has 0 fully saturated rings. The molecule has 0 atom stereocenters. The summed E-state index contributed by atoms with van der Waals surface area (Å²) in [5.74, 6) is -1.30. The number of ether oxygens (including phenoxy) is 2. The Morgan fingerprint density at radius 2 is 0.932 bits per heavy atom. The molecule has 0 aliphatic heterocycles. The molecule has 0 saturated carbocycles. The average molecular weight is 619 g/mol. The Hall–Kier alpha value is -2.70. The molecule has 0 aliphatic rings. The van der Waals surface area contributed by atoms with Crippen LogP contribution in [0.4, 0.5) is 0 Å². The fraction of sp³-hybridized carbons (Fsp3) is 0.730. The van der Waals surface area contributed by atoms with Crippen molar-refractivity contribution in [3.05, 3.63) is 29.8 Å². The number of esters is 2. The summed E-state index contributed by atoms with van der Waals surface area (Å²) < 4.78 is 10.5. The van der Waals surface area contributed by atoms with E-state index in [1.807, 2.05) is 0 Å². The van der Waals surface area contributed by atoms with Crippen LogP contribution in [-0.2, 0) is 25.5 Å². The van der Waals surface area contributed by atoms with Crippen LogP contribution in [0.3, 0.4) is 0 Å². The SMILES string of the molecule is C=C(C)C(=O)OCCCCCCCCCCOC(=O)CCCCCCCCCCCCCCCCc1cc(O)c(O)c(O)c1. The number of aromatic hydroxyl groups is 3. The van der Waals surface area contributed by atoms with Crippen molar-refractivity contribution in [3.63, 3.8) is 0 Å². The molecule has 3 N–H and O–H groups in total. The van der Waals surface area contributed by atoms with Gasteiger partial charge in [0.05, 0.1) is 13.2 Å². The first-order chi connectivity index (χ1) is 21.3. The van der Waals surface area contributed by atoms with Gasteiger partial charge < -0.3 is 24.8 Å². The van der Waals surface area contributed by atoms with E-state index < -0.39 is 5.75 Å². The summed E-state index contributed by atoms with van der Waals surface area (Å²) in [5, 5.41) is 28.6. The Labute approximate surface area is 267 Å². The number of hydrogen-bond acceptors (Lipinski definition) is 7. The molecule has 252 valence electrons. The van der Waals surface area contributed by atoms with Gasteiger partial charge in [0.2, 0.25) is 0 Å². The van der Waals surface area contributed by atoms with E-state index in [4.69, 9.17) is 9.47 Å². The van der Waals surface area contributed by atoms with Gasteiger partial charge >= 0.3 is 11.9 Å². The predicted molar refractivity (Wildman–Crippen MR) is 178 cm³/mol. The molecule has 1 aromatic rings. The first kappa shape index (κ1) is 39.3. The van der Waals surface area contributed by atoms with Crippen LogP contribution >= 0.6 is 0 Å². The maximum absolute atomic E-state index is 11.9. The van der Waals surface area contributed by atoms with Crippen molar-refractivity contribution in [3.8, 4) is 17.2 Å². The highest BCUT2D eigenvalue weighted by Crippen LogP contribution is 2.35. The van der Waals surface area contributed by atoms with Crippen LogP contribution in [0.15, 0.2) is 24.3 Å². The van der Waals surface area contributed by atoms with E-state index in [2.05, 4.69) is 6.58 Å². The molecule has 0 bridgehead atoms. The van der Waals surface area contributed by atoms with Crippen molar-refractivity contribution in [2.24, 2.45) is 0 Å². The maximum atomic E-state index is 11.9. The van der Waals surface area contributed by atoms with E-state index in [0.717, 1.165) is 69.8 Å². The lowest BCUT2D eigenvalue weighted by molar-refractivity contribution is -0.144. The predicted octanol–water partition coefficient (Wildman–Crippen LogP) is 9.98. The quantitative estimate of drug-likeness (QED) is 0.0354. The Morgan fingerprint density at radius 3 is 1.36 bits per heavy atom. The smallest absolute Gasteiger partial charge is 0.333 e. The van der Waals surface area contributed by atoms with Gasteiger partial charge in [-0.05, 0) is 56.7 Å². The monoisotopic (exact) mass is 618 g/mol. The second kappa shape index (κ2) is 26.7. The summed E-state index contributed by atoms with van der Waals surface area (Å²) in [6.45, 7) is 6.27. The van der Waals surface area contributed by atoms with Crippen molar-refractivity contribution >= 4 is 11.9 Å². The molecule has 1 rings (SSSR count). The van der Waals surface area contributed by atoms with Crippen molar-refractivity contribution < 1.29 is 34.4 Å². The standard InChI is InChI=1S/C37H62O7/c1-31(2)37(42)44-28-24-20-16-12-11-15-19-23-27-43-35(40)26-22-18-14-10-8-6-4-3-5-7-9-13-17-21-25-32-29-33(38)36(41)34(39)30-32/h29-30,38-39,41H,1,3-28H2,2H3. The molecule has 7 heteroatoms. The highest BCUT2D eigenvalue weighted by Gasteiger charge is 2.08. The Kier molecular flexibility index (Phi) is 23.8. The molecule has 0 radical (unpaired) electrons. The molecule has 0 saturated heterocycles. The third-order valence-corrected chi connectivity index (χ3v) is 8.11. The van der Waals surface area contributed by atoms with E-state index in [1.165, 1.54) is 95.6 Å². The second-order valence-corrected chi connectivity index (χ2v) is 12.4. The molecule has 0 amide bonds. The van der Waals surface area contributed by atoms with Gasteiger partial charge in [-0.1, -0.05) is 122 Å². The van der Waals surface area contributed by atoms with Gasteiger partial charge in [-0.2, -0.15) is 0 Å². The summed E-state index contributed by atoms with van der Waals surface area (Å²) in [4.78, 5) is 23.2. The van der Waals surface area contributed by atoms with Crippen LogP contribution in [0, 0.1) is 0 Å². The summed E-state index contributed by atoms with van der Waals surface area (Å²) in [7, 11) is 0. The number of benzene rings is 1. The maximum Gasteiger partial charge on any atom is 0.333 e. The van der Waals surface area contributed by atoms with E-state index >= 15 is 0 Å². The van der Waals surface area contributed by atoms with Gasteiger partial charge in [-0.25, -0.2) is 4.79 Å². The third kappa shape index (κ3) is 21.9. The van der Waals surface area contributed by atoms with Crippen molar-refractivity contribution in [1.29, 1.82) is 0 Å². The van der Waals surface area contributed by atoms with Gasteiger partial charge in [-0.3, -0.25) is 4.79 Å². The van der Waals surface area contributed by atoms with Crippen molar-refractivity contribution in [2.45, 2.75) is 161 Å². The topological polar surface area (TPSA) is 113 Å². The van der Waals surface area contributed by atoms with E-state index in [0.29, 0.717) is 25.2 Å².